The van der Waals surface area contributed by atoms with Gasteiger partial charge in [0.2, 0.25) is 5.91 Å². The maximum atomic E-state index is 11.6. The van der Waals surface area contributed by atoms with Gasteiger partial charge in [-0.15, -0.1) is 0 Å². The first-order chi connectivity index (χ1) is 9.13. The van der Waals surface area contributed by atoms with Crippen LogP contribution < -0.4 is 11.1 Å². The molecule has 1 rings (SSSR count). The van der Waals surface area contributed by atoms with Gasteiger partial charge in [0.15, 0.2) is 0 Å². The highest BCUT2D eigenvalue weighted by molar-refractivity contribution is 5.76. The van der Waals surface area contributed by atoms with Gasteiger partial charge in [0, 0.05) is 19.0 Å². The van der Waals surface area contributed by atoms with Crippen LogP contribution in [-0.4, -0.2) is 43.5 Å². The monoisotopic (exact) mass is 269 g/mol. The lowest BCUT2D eigenvalue weighted by molar-refractivity contribution is -0.121. The summed E-state index contributed by atoms with van der Waals surface area (Å²) in [7, 11) is 2.22. The Labute approximate surface area is 118 Å². The molecule has 0 spiro atoms. The Balaban J connectivity index is 2.04. The molecule has 1 amide bonds. The quantitative estimate of drug-likeness (QED) is 0.660. The molecule has 1 aliphatic rings. The molecule has 0 bridgehead atoms. The molecule has 1 unspecified atom stereocenters. The van der Waals surface area contributed by atoms with Crippen LogP contribution in [0.3, 0.4) is 0 Å². The summed E-state index contributed by atoms with van der Waals surface area (Å²) in [6.45, 7) is 4.46. The first-order valence-electron chi connectivity index (χ1n) is 7.80. The van der Waals surface area contributed by atoms with Crippen LogP contribution in [0, 0.1) is 5.92 Å². The van der Waals surface area contributed by atoms with Gasteiger partial charge in [0.1, 0.15) is 0 Å². The van der Waals surface area contributed by atoms with E-state index in [0.29, 0.717) is 13.0 Å². The van der Waals surface area contributed by atoms with E-state index in [1.165, 1.54) is 32.1 Å². The molecule has 112 valence electrons. The molecule has 19 heavy (non-hydrogen) atoms. The van der Waals surface area contributed by atoms with Crippen molar-refractivity contribution in [1.29, 1.82) is 0 Å². The molecule has 0 radical (unpaired) electrons. The molecule has 3 N–H and O–H groups in total. The number of nitrogens with one attached hydrogen (secondary N) is 1. The van der Waals surface area contributed by atoms with E-state index in [9.17, 15) is 4.79 Å². The smallest absolute Gasteiger partial charge is 0.220 e. The average Bonchev–Trinajstić information content (AvgIpc) is 2.44. The van der Waals surface area contributed by atoms with Crippen molar-refractivity contribution in [2.75, 3.05) is 26.7 Å². The van der Waals surface area contributed by atoms with Crippen molar-refractivity contribution in [2.24, 2.45) is 11.7 Å². The van der Waals surface area contributed by atoms with E-state index < -0.39 is 0 Å². The van der Waals surface area contributed by atoms with Crippen molar-refractivity contribution >= 4 is 5.91 Å². The van der Waals surface area contributed by atoms with Gasteiger partial charge < -0.3 is 16.0 Å². The number of amides is 1. The second-order valence-electron chi connectivity index (χ2n) is 6.02. The maximum absolute atomic E-state index is 11.6. The van der Waals surface area contributed by atoms with Crippen molar-refractivity contribution in [2.45, 2.75) is 57.9 Å². The minimum Gasteiger partial charge on any atom is -0.356 e. The number of carbonyl (C=O) groups is 1. The van der Waals surface area contributed by atoms with Crippen LogP contribution in [0.25, 0.3) is 0 Å². The molecule has 0 saturated heterocycles. The number of nitrogens with zero attached hydrogens (tertiary/aromatic N) is 1. The van der Waals surface area contributed by atoms with E-state index in [2.05, 4.69) is 17.3 Å². The molecular formula is C15H31N3O. The summed E-state index contributed by atoms with van der Waals surface area (Å²) >= 11 is 0. The first-order valence-corrected chi connectivity index (χ1v) is 7.80. The lowest BCUT2D eigenvalue weighted by Gasteiger charge is -2.31. The molecule has 1 aliphatic carbocycles. The predicted molar refractivity (Wildman–Crippen MR) is 80.0 cm³/mol. The van der Waals surface area contributed by atoms with Crippen molar-refractivity contribution < 1.29 is 4.79 Å². The molecule has 4 nitrogen and oxygen atoms in total. The highest BCUT2D eigenvalue weighted by Gasteiger charge is 2.17. The number of rotatable bonds is 8. The van der Waals surface area contributed by atoms with Crippen molar-refractivity contribution in [1.82, 2.24) is 10.2 Å². The van der Waals surface area contributed by atoms with Gasteiger partial charge in [-0.1, -0.05) is 26.2 Å². The van der Waals surface area contributed by atoms with E-state index in [1.54, 1.807) is 0 Å². The second-order valence-corrected chi connectivity index (χ2v) is 6.02. The van der Waals surface area contributed by atoms with Crippen LogP contribution in [0.1, 0.15) is 51.9 Å². The molecular weight excluding hydrogens is 238 g/mol. The van der Waals surface area contributed by atoms with Gasteiger partial charge in [0.25, 0.3) is 0 Å². The van der Waals surface area contributed by atoms with Crippen molar-refractivity contribution in [3.8, 4) is 0 Å². The first kappa shape index (κ1) is 16.4. The Morgan fingerprint density at radius 2 is 2.05 bits per heavy atom. The average molecular weight is 269 g/mol. The summed E-state index contributed by atoms with van der Waals surface area (Å²) in [6, 6.07) is 0.765. The molecule has 4 heteroatoms. The summed E-state index contributed by atoms with van der Waals surface area (Å²) in [5.41, 5.74) is 5.51. The zero-order chi connectivity index (χ0) is 14.1. The normalized spacial score (nSPS) is 18.5. The van der Waals surface area contributed by atoms with Crippen LogP contribution >= 0.6 is 0 Å². The number of nitrogens with two attached hydrogens (primary N) is 1. The Morgan fingerprint density at radius 3 is 2.68 bits per heavy atom. The Kier molecular flexibility index (Phi) is 8.07. The van der Waals surface area contributed by atoms with Crippen molar-refractivity contribution in [3.05, 3.63) is 0 Å². The van der Waals surface area contributed by atoms with Gasteiger partial charge >= 0.3 is 0 Å². The van der Waals surface area contributed by atoms with Gasteiger partial charge in [-0.25, -0.2) is 0 Å². The highest BCUT2D eigenvalue weighted by Crippen LogP contribution is 2.21. The number of hydrogen-bond donors (Lipinski definition) is 2. The minimum atomic E-state index is 0.137. The molecule has 0 aromatic heterocycles. The van der Waals surface area contributed by atoms with Gasteiger partial charge in [-0.05, 0) is 45.3 Å². The van der Waals surface area contributed by atoms with Crippen LogP contribution in [0.5, 0.6) is 0 Å². The maximum Gasteiger partial charge on any atom is 0.220 e. The zero-order valence-electron chi connectivity index (χ0n) is 12.7. The SMILES string of the molecule is CC(CN)CC(=O)NCCCN(C)C1CCCCC1. The molecule has 0 aromatic rings. The predicted octanol–water partition coefficient (Wildman–Crippen LogP) is 1.74. The van der Waals surface area contributed by atoms with E-state index in [0.717, 1.165) is 25.6 Å². The number of hydrogen-bond acceptors (Lipinski definition) is 3. The zero-order valence-corrected chi connectivity index (χ0v) is 12.7. The Hall–Kier alpha value is -0.610. The topological polar surface area (TPSA) is 58.4 Å². The standard InChI is InChI=1S/C15H31N3O/c1-13(12-16)11-15(19)17-9-6-10-18(2)14-7-4-3-5-8-14/h13-14H,3-12,16H2,1-2H3,(H,17,19). The Bertz CT molecular complexity index is 252. The second kappa shape index (κ2) is 9.32. The number of carbonyl (C=O) groups excluding carboxylic acids is 1. The minimum absolute atomic E-state index is 0.137. The fraction of sp³-hybridized carbons (Fsp3) is 0.933. The van der Waals surface area contributed by atoms with E-state index in [4.69, 9.17) is 5.73 Å². The summed E-state index contributed by atoms with van der Waals surface area (Å²) in [5, 5.41) is 2.99. The van der Waals surface area contributed by atoms with Crippen molar-refractivity contribution in [3.63, 3.8) is 0 Å². The van der Waals surface area contributed by atoms with E-state index in [-0.39, 0.29) is 11.8 Å². The third kappa shape index (κ3) is 6.92. The lowest BCUT2D eigenvalue weighted by atomic mass is 9.94. The molecule has 0 aliphatic heterocycles. The van der Waals surface area contributed by atoms with Gasteiger partial charge in [0.05, 0.1) is 0 Å². The summed E-state index contributed by atoms with van der Waals surface area (Å²) in [5.74, 6) is 0.420. The van der Waals surface area contributed by atoms with E-state index in [1.807, 2.05) is 6.92 Å². The van der Waals surface area contributed by atoms with Gasteiger partial charge in [-0.2, -0.15) is 0 Å². The Morgan fingerprint density at radius 1 is 1.37 bits per heavy atom. The van der Waals surface area contributed by atoms with Gasteiger partial charge in [-0.3, -0.25) is 4.79 Å². The van der Waals surface area contributed by atoms with Crippen LogP contribution in [0.2, 0.25) is 0 Å². The molecule has 1 saturated carbocycles. The molecule has 1 atom stereocenters. The van der Waals surface area contributed by atoms with Crippen LogP contribution in [-0.2, 0) is 4.79 Å². The fourth-order valence-corrected chi connectivity index (χ4v) is 2.73. The molecule has 0 aromatic carbocycles. The lowest BCUT2D eigenvalue weighted by Crippen LogP contribution is -2.36. The largest absolute Gasteiger partial charge is 0.356 e. The van der Waals surface area contributed by atoms with Crippen LogP contribution in [0.15, 0.2) is 0 Å². The van der Waals surface area contributed by atoms with E-state index >= 15 is 0 Å². The summed E-state index contributed by atoms with van der Waals surface area (Å²) in [4.78, 5) is 14.0. The molecule has 0 heterocycles. The highest BCUT2D eigenvalue weighted by atomic mass is 16.1. The molecule has 1 fully saturated rings. The van der Waals surface area contributed by atoms with Crippen LogP contribution in [0.4, 0.5) is 0 Å². The summed E-state index contributed by atoms with van der Waals surface area (Å²) in [6.07, 6.45) is 8.43. The summed E-state index contributed by atoms with van der Waals surface area (Å²) < 4.78 is 0. The fourth-order valence-electron chi connectivity index (χ4n) is 2.73. The third-order valence-corrected chi connectivity index (χ3v) is 4.14. The third-order valence-electron chi connectivity index (χ3n) is 4.14.